The van der Waals surface area contributed by atoms with Crippen molar-refractivity contribution in [1.29, 1.82) is 0 Å². The fraction of sp³-hybridized carbons (Fsp3) is 1.00. The molecule has 0 unspecified atom stereocenters. The van der Waals surface area contributed by atoms with Gasteiger partial charge in [0.05, 0.1) is 15.2 Å². The zero-order valence-corrected chi connectivity index (χ0v) is 52.7. The van der Waals surface area contributed by atoms with Crippen LogP contribution in [0.3, 0.4) is 0 Å². The zero-order valence-electron chi connectivity index (χ0n) is 40.7. The van der Waals surface area contributed by atoms with Crippen molar-refractivity contribution in [3.8, 4) is 0 Å². The summed E-state index contributed by atoms with van der Waals surface area (Å²) in [4.78, 5) is 4.41. The second-order valence-corrected chi connectivity index (χ2v) is 97.1. The van der Waals surface area contributed by atoms with Crippen LogP contribution in [0, 0.1) is 10.8 Å². The van der Waals surface area contributed by atoms with Gasteiger partial charge in [-0.05, 0) is 42.1 Å². The lowest BCUT2D eigenvalue weighted by molar-refractivity contribution is 0.461. The van der Waals surface area contributed by atoms with Crippen molar-refractivity contribution in [3.63, 3.8) is 0 Å². The third kappa shape index (κ3) is 14.2. The standard InChI is InChI=1S/C38H98Si12/c1-37(2,3)31-49(33(41(7,8)9)42(10,11)12,34(43(13,14)15)44(16,17)18)39-40-50(32-38(4,5)6,35(45(19,20)21)46(22,23)24)36(47(25,26)27)48(28,29)30/h33-36H,31-32H2,1-30H3. The molecule has 0 aliphatic carbocycles. The molecule has 0 bridgehead atoms. The van der Waals surface area contributed by atoms with Gasteiger partial charge in [-0.15, -0.1) is 0 Å². The Labute approximate surface area is 333 Å². The largest absolute Gasteiger partial charge is 0.0951 e. The number of rotatable bonds is 14. The molecule has 0 heterocycles. The summed E-state index contributed by atoms with van der Waals surface area (Å²) < 4.78 is 0. The SMILES string of the molecule is CC(C)(C)C[Si]([Si]#[Si][Si](CC(C)(C)C)(C([Si](C)(C)C)[Si](C)(C)C)C([Si](C)(C)C)[Si](C)(C)C)(C([Si](C)(C)C)[Si](C)(C)C)C([Si](C)(C)C)[Si](C)(C)C. The van der Waals surface area contributed by atoms with Gasteiger partial charge in [0, 0.05) is 64.6 Å². The first kappa shape index (κ1) is 52.6. The fourth-order valence-corrected chi connectivity index (χ4v) is 199. The van der Waals surface area contributed by atoms with Gasteiger partial charge in [0.2, 0.25) is 0 Å². The monoisotopic (exact) mass is 890 g/mol. The van der Waals surface area contributed by atoms with Crippen LogP contribution in [0.1, 0.15) is 41.5 Å². The molecule has 0 nitrogen and oxygen atoms in total. The van der Waals surface area contributed by atoms with Crippen LogP contribution in [-0.2, 0) is 0 Å². The summed E-state index contributed by atoms with van der Waals surface area (Å²) in [5.74, 6) is 0. The molecule has 0 saturated heterocycles. The molecule has 0 aromatic carbocycles. The lowest BCUT2D eigenvalue weighted by atomic mass is 10.0. The lowest BCUT2D eigenvalue weighted by Crippen LogP contribution is -2.74. The van der Waals surface area contributed by atoms with Crippen molar-refractivity contribution in [2.24, 2.45) is 10.8 Å². The Hall–Kier alpha value is 2.60. The van der Waals surface area contributed by atoms with E-state index in [1.54, 1.807) is 12.1 Å². The Kier molecular flexibility index (Phi) is 16.9. The molecule has 0 saturated carbocycles. The quantitative estimate of drug-likeness (QED) is 0.152. The van der Waals surface area contributed by atoms with Crippen LogP contribution in [0.25, 0.3) is 0 Å². The lowest BCUT2D eigenvalue weighted by Gasteiger charge is -2.61. The van der Waals surface area contributed by atoms with E-state index < -0.39 is 79.8 Å². The maximum atomic E-state index is 2.87. The third-order valence-corrected chi connectivity index (χ3v) is 115. The Morgan fingerprint density at radius 1 is 0.280 bits per heavy atom. The first-order valence-electron chi connectivity index (χ1n) is 20.6. The van der Waals surface area contributed by atoms with Gasteiger partial charge in [0.1, 0.15) is 0 Å². The molecule has 0 N–H and O–H groups in total. The van der Waals surface area contributed by atoms with Gasteiger partial charge in [-0.3, -0.25) is 0 Å². The van der Waals surface area contributed by atoms with Crippen molar-refractivity contribution in [2.45, 2.75) is 230 Å². The highest BCUT2D eigenvalue weighted by molar-refractivity contribution is 7.51. The summed E-state index contributed by atoms with van der Waals surface area (Å²) in [5, 5.41) is 0. The van der Waals surface area contributed by atoms with Gasteiger partial charge in [0.25, 0.3) is 0 Å². The van der Waals surface area contributed by atoms with E-state index in [0.717, 1.165) is 19.2 Å². The van der Waals surface area contributed by atoms with Crippen LogP contribution >= 0.6 is 0 Å². The molecule has 0 radical (unpaired) electrons. The smallest absolute Gasteiger partial charge is 0.0790 e. The van der Waals surface area contributed by atoms with Gasteiger partial charge in [0.15, 0.2) is 0 Å². The van der Waals surface area contributed by atoms with Gasteiger partial charge in [-0.25, -0.2) is 0 Å². The highest BCUT2D eigenvalue weighted by atomic mass is 29.5. The molecule has 0 aromatic heterocycles. The Morgan fingerprint density at radius 2 is 0.400 bits per heavy atom. The maximum absolute atomic E-state index is 2.87. The summed E-state index contributed by atoms with van der Waals surface area (Å²) in [5.41, 5.74) is 0.807. The maximum Gasteiger partial charge on any atom is 0.0951 e. The molecule has 0 aliphatic rings. The minimum atomic E-state index is -1.86. The fourth-order valence-electron chi connectivity index (χ4n) is 14.5. The van der Waals surface area contributed by atoms with Crippen LogP contribution in [0.15, 0.2) is 0 Å². The second kappa shape index (κ2) is 16.1. The molecule has 298 valence electrons. The minimum absolute atomic E-state index is 0.404. The van der Waals surface area contributed by atoms with Gasteiger partial charge in [-0.1, -0.05) is 215 Å². The molecule has 0 rings (SSSR count). The summed E-state index contributed by atoms with van der Waals surface area (Å²) >= 11 is 0. The number of hydrogen-bond acceptors (Lipinski definition) is 0. The van der Waals surface area contributed by atoms with Gasteiger partial charge < -0.3 is 0 Å². The van der Waals surface area contributed by atoms with Crippen molar-refractivity contribution >= 4 is 95.6 Å². The molecule has 0 aromatic rings. The van der Waals surface area contributed by atoms with E-state index in [2.05, 4.69) is 199 Å². The molecule has 12 heteroatoms. The van der Waals surface area contributed by atoms with E-state index in [-0.39, 0.29) is 0 Å². The third-order valence-electron chi connectivity index (χ3n) is 11.2. The minimum Gasteiger partial charge on any atom is -0.0790 e. The Balaban J connectivity index is 9.93. The van der Waals surface area contributed by atoms with Crippen molar-refractivity contribution in [2.75, 3.05) is 0 Å². The molecule has 50 heavy (non-hydrogen) atoms. The summed E-state index contributed by atoms with van der Waals surface area (Å²) in [6.45, 7) is 85.1. The van der Waals surface area contributed by atoms with Crippen molar-refractivity contribution in [1.82, 2.24) is 0 Å². The van der Waals surface area contributed by atoms with Crippen LogP contribution in [0.2, 0.25) is 188 Å². The molecular formula is C38H98Si12. The Morgan fingerprint density at radius 3 is 0.480 bits per heavy atom. The van der Waals surface area contributed by atoms with Crippen LogP contribution in [0.4, 0.5) is 0 Å². The highest BCUT2D eigenvalue weighted by Gasteiger charge is 2.65. The molecule has 0 amide bonds. The Bertz CT molecular complexity index is 963. The first-order valence-corrected chi connectivity index (χ1v) is 59.0. The van der Waals surface area contributed by atoms with E-state index in [1.807, 2.05) is 0 Å². The van der Waals surface area contributed by atoms with E-state index in [4.69, 9.17) is 0 Å². The summed E-state index contributed by atoms with van der Waals surface area (Å²) in [6.07, 6.45) is 0. The van der Waals surface area contributed by atoms with E-state index in [9.17, 15) is 0 Å². The molecule has 0 aliphatic heterocycles. The predicted octanol–water partition coefficient (Wildman–Crippen LogP) is 14.8. The highest BCUT2D eigenvalue weighted by Crippen LogP contribution is 2.57. The summed E-state index contributed by atoms with van der Waals surface area (Å²) in [7, 11) is -13.0. The zero-order chi connectivity index (χ0) is 41.1. The second-order valence-electron chi connectivity index (χ2n) is 28.5. The number of hydrogen-bond donors (Lipinski definition) is 0. The first-order chi connectivity index (χ1) is 21.1. The van der Waals surface area contributed by atoms with Crippen LogP contribution < -0.4 is 0 Å². The average Bonchev–Trinajstić information content (AvgIpc) is 2.59. The predicted molar refractivity (Wildman–Crippen MR) is 273 cm³/mol. The van der Waals surface area contributed by atoms with E-state index in [1.165, 1.54) is 15.9 Å². The average molecular weight is 892 g/mol. The van der Waals surface area contributed by atoms with Crippen molar-refractivity contribution < 1.29 is 0 Å². The normalized spacial score (nSPS) is 16.1. The molecule has 0 fully saturated rings. The summed E-state index contributed by atoms with van der Waals surface area (Å²) in [6, 6.07) is 3.22. The van der Waals surface area contributed by atoms with E-state index in [0.29, 0.717) is 10.8 Å². The molecule has 0 atom stereocenters. The van der Waals surface area contributed by atoms with E-state index >= 15 is 0 Å². The van der Waals surface area contributed by atoms with Crippen LogP contribution in [-0.4, -0.2) is 95.6 Å². The van der Waals surface area contributed by atoms with Crippen LogP contribution in [0.5, 0.6) is 0 Å². The molecular weight excluding hydrogens is 793 g/mol. The molecule has 0 spiro atoms. The van der Waals surface area contributed by atoms with Crippen molar-refractivity contribution in [3.05, 3.63) is 0 Å². The van der Waals surface area contributed by atoms with Gasteiger partial charge in [-0.2, -0.15) is 0 Å². The van der Waals surface area contributed by atoms with Gasteiger partial charge >= 0.3 is 0 Å². The topological polar surface area (TPSA) is 0 Å².